The summed E-state index contributed by atoms with van der Waals surface area (Å²) in [4.78, 5) is 17.5. The van der Waals surface area contributed by atoms with E-state index in [2.05, 4.69) is 108 Å². The molecule has 0 fully saturated rings. The average Bonchev–Trinajstić information content (AvgIpc) is 3.22. The first-order chi connectivity index (χ1) is 23.1. The number of benzene rings is 5. The highest BCUT2D eigenvalue weighted by Gasteiger charge is 2.37. The summed E-state index contributed by atoms with van der Waals surface area (Å²) in [5, 5.41) is 1.05. The van der Waals surface area contributed by atoms with Crippen molar-refractivity contribution in [2.24, 2.45) is 0 Å². The third-order valence-corrected chi connectivity index (χ3v) is 8.90. The van der Waals surface area contributed by atoms with Crippen molar-refractivity contribution in [1.29, 1.82) is 0 Å². The van der Waals surface area contributed by atoms with Gasteiger partial charge in [0.2, 0.25) is 5.95 Å². The summed E-state index contributed by atoms with van der Waals surface area (Å²) < 4.78 is 2.10. The molecule has 0 unspecified atom stereocenters. The van der Waals surface area contributed by atoms with E-state index in [0.717, 1.165) is 33.4 Å². The number of hydrogen-bond acceptors (Lipinski definition) is 4. The molecule has 0 amide bonds. The van der Waals surface area contributed by atoms with Crippen molar-refractivity contribution in [2.75, 3.05) is 4.90 Å². The van der Waals surface area contributed by atoms with Gasteiger partial charge in [-0.25, -0.2) is 4.98 Å². The van der Waals surface area contributed by atoms with Gasteiger partial charge in [-0.2, -0.15) is 9.97 Å². The van der Waals surface area contributed by atoms with Crippen LogP contribution in [0.15, 0.2) is 164 Å². The summed E-state index contributed by atoms with van der Waals surface area (Å²) in [6.07, 6.45) is 2.05. The Labute approximate surface area is 274 Å². The fourth-order valence-corrected chi connectivity index (χ4v) is 6.53. The smallest absolute Gasteiger partial charge is 0.238 e. The molecule has 1 aliphatic heterocycles. The Balaban J connectivity index is 1.45. The van der Waals surface area contributed by atoms with Crippen LogP contribution in [0.5, 0.6) is 0 Å². The van der Waals surface area contributed by atoms with Gasteiger partial charge < -0.3 is 4.90 Å². The maximum Gasteiger partial charge on any atom is 0.238 e. The Hall–Kier alpha value is -6.07. The monoisotopic (exact) mass is 607 g/mol. The Morgan fingerprint density at radius 1 is 0.489 bits per heavy atom. The van der Waals surface area contributed by atoms with Crippen LogP contribution in [0.1, 0.15) is 25.0 Å². The van der Waals surface area contributed by atoms with Crippen LogP contribution in [-0.4, -0.2) is 19.5 Å². The number of para-hydroxylation sites is 2. The molecule has 0 bridgehead atoms. The summed E-state index contributed by atoms with van der Waals surface area (Å²) >= 11 is 0. The van der Waals surface area contributed by atoms with E-state index in [4.69, 9.17) is 15.0 Å². The van der Waals surface area contributed by atoms with Gasteiger partial charge in [0.25, 0.3) is 0 Å². The Morgan fingerprint density at radius 3 is 1.72 bits per heavy atom. The SMILES string of the molecule is CC1(C)c2ccccc2N(c2ccccc2)c2cc3ccccccn(-c4nc(-c5ccccc5)nc(-c5ccccc5)n4)c3cc21. The van der Waals surface area contributed by atoms with Gasteiger partial charge in [0, 0.05) is 33.8 Å². The van der Waals surface area contributed by atoms with E-state index in [1.54, 1.807) is 0 Å². The minimum absolute atomic E-state index is 0.272. The molecule has 0 saturated carbocycles. The third kappa shape index (κ3) is 5.12. The molecule has 8 rings (SSSR count). The molecular weight excluding hydrogens is 574 g/mol. The van der Waals surface area contributed by atoms with Crippen LogP contribution in [0.4, 0.5) is 17.1 Å². The molecule has 0 aliphatic carbocycles. The van der Waals surface area contributed by atoms with Crippen molar-refractivity contribution < 1.29 is 0 Å². The summed E-state index contributed by atoms with van der Waals surface area (Å²) in [5.41, 5.74) is 8.55. The molecule has 0 spiro atoms. The van der Waals surface area contributed by atoms with Gasteiger partial charge in [-0.05, 0) is 47.5 Å². The lowest BCUT2D eigenvalue weighted by Gasteiger charge is -2.42. The van der Waals surface area contributed by atoms with Crippen LogP contribution in [0.25, 0.3) is 39.6 Å². The highest BCUT2D eigenvalue weighted by atomic mass is 15.2. The number of nitrogens with zero attached hydrogens (tertiary/aromatic N) is 5. The van der Waals surface area contributed by atoms with Crippen LogP contribution >= 0.6 is 0 Å². The fraction of sp³-hybridized carbons (Fsp3) is 0.0714. The van der Waals surface area contributed by atoms with Crippen LogP contribution in [0, 0.1) is 0 Å². The van der Waals surface area contributed by atoms with E-state index in [0.29, 0.717) is 17.6 Å². The third-order valence-electron chi connectivity index (χ3n) is 8.90. The summed E-state index contributed by atoms with van der Waals surface area (Å²) in [7, 11) is 0. The molecule has 47 heavy (non-hydrogen) atoms. The second kappa shape index (κ2) is 11.7. The second-order valence-electron chi connectivity index (χ2n) is 12.2. The lowest BCUT2D eigenvalue weighted by molar-refractivity contribution is 0.632. The van der Waals surface area contributed by atoms with Crippen molar-refractivity contribution in [1.82, 2.24) is 19.5 Å². The summed E-state index contributed by atoms with van der Waals surface area (Å²) in [5.74, 6) is 1.79. The Kier molecular flexibility index (Phi) is 7.07. The number of anilines is 3. The first kappa shape index (κ1) is 28.4. The zero-order chi connectivity index (χ0) is 31.8. The molecule has 226 valence electrons. The zero-order valence-electron chi connectivity index (χ0n) is 26.3. The van der Waals surface area contributed by atoms with Crippen molar-refractivity contribution in [2.45, 2.75) is 19.3 Å². The molecule has 0 atom stereocenters. The molecule has 3 heterocycles. The number of rotatable bonds is 4. The van der Waals surface area contributed by atoms with E-state index < -0.39 is 0 Å². The van der Waals surface area contributed by atoms with E-state index >= 15 is 0 Å². The molecule has 1 aliphatic rings. The predicted molar refractivity (Wildman–Crippen MR) is 192 cm³/mol. The lowest BCUT2D eigenvalue weighted by atomic mass is 9.73. The van der Waals surface area contributed by atoms with Crippen molar-refractivity contribution in [3.05, 3.63) is 175 Å². The van der Waals surface area contributed by atoms with Gasteiger partial charge >= 0.3 is 0 Å². The molecule has 0 N–H and O–H groups in total. The standard InChI is InChI=1S/C42H33N5/c1-42(2)34-25-15-16-26-36(34)47(33-23-13-7-14-24-33)38-28-32-22-8-3-4-17-27-46(37(32)29-35(38)42)41-44-39(30-18-9-5-10-19-30)43-40(45-41)31-20-11-6-12-21-31/h3-29H,1-2H3. The molecule has 2 aromatic heterocycles. The molecule has 5 nitrogen and oxygen atoms in total. The van der Waals surface area contributed by atoms with Gasteiger partial charge in [0.05, 0.1) is 16.9 Å². The first-order valence-corrected chi connectivity index (χ1v) is 15.9. The van der Waals surface area contributed by atoms with Crippen molar-refractivity contribution in [3.63, 3.8) is 0 Å². The largest absolute Gasteiger partial charge is 0.310 e. The zero-order valence-corrected chi connectivity index (χ0v) is 26.3. The highest BCUT2D eigenvalue weighted by molar-refractivity contribution is 5.93. The molecule has 0 saturated heterocycles. The van der Waals surface area contributed by atoms with Crippen LogP contribution in [0.3, 0.4) is 0 Å². The highest BCUT2D eigenvalue weighted by Crippen LogP contribution is 2.52. The maximum atomic E-state index is 5.10. The van der Waals surface area contributed by atoms with E-state index in [-0.39, 0.29) is 5.41 Å². The predicted octanol–water partition coefficient (Wildman–Crippen LogP) is 10.4. The van der Waals surface area contributed by atoms with Crippen molar-refractivity contribution >= 4 is 28.0 Å². The lowest BCUT2D eigenvalue weighted by Crippen LogP contribution is -2.30. The van der Waals surface area contributed by atoms with Gasteiger partial charge in [-0.15, -0.1) is 0 Å². The second-order valence-corrected chi connectivity index (χ2v) is 12.2. The quantitative estimate of drug-likeness (QED) is 0.200. The average molecular weight is 608 g/mol. The Bertz CT molecular complexity index is 2220. The van der Waals surface area contributed by atoms with Crippen LogP contribution < -0.4 is 4.90 Å². The maximum absolute atomic E-state index is 5.10. The van der Waals surface area contributed by atoms with E-state index in [1.807, 2.05) is 79.0 Å². The summed E-state index contributed by atoms with van der Waals surface area (Å²) in [6, 6.07) is 54.6. The normalized spacial score (nSPS) is 13.0. The van der Waals surface area contributed by atoms with Gasteiger partial charge in [-0.3, -0.25) is 4.57 Å². The molecule has 5 aromatic carbocycles. The number of aromatic nitrogens is 4. The van der Waals surface area contributed by atoms with Gasteiger partial charge in [0.1, 0.15) is 0 Å². The van der Waals surface area contributed by atoms with Gasteiger partial charge in [-0.1, -0.05) is 135 Å². The van der Waals surface area contributed by atoms with Gasteiger partial charge in [0.15, 0.2) is 11.6 Å². The minimum atomic E-state index is -0.272. The van der Waals surface area contributed by atoms with Crippen molar-refractivity contribution in [3.8, 4) is 28.7 Å². The van der Waals surface area contributed by atoms with E-state index in [9.17, 15) is 0 Å². The summed E-state index contributed by atoms with van der Waals surface area (Å²) in [6.45, 7) is 4.63. The topological polar surface area (TPSA) is 46.8 Å². The van der Waals surface area contributed by atoms with Crippen LogP contribution in [0.2, 0.25) is 0 Å². The molecule has 0 radical (unpaired) electrons. The number of fused-ring (bicyclic) bond motifs is 3. The molecule has 7 aromatic rings. The van der Waals surface area contributed by atoms with E-state index in [1.165, 1.54) is 16.8 Å². The minimum Gasteiger partial charge on any atom is -0.310 e. The number of hydrogen-bond donors (Lipinski definition) is 0. The molecular formula is C42H33N5. The first-order valence-electron chi connectivity index (χ1n) is 15.9. The molecule has 5 heteroatoms. The Morgan fingerprint density at radius 2 is 1.04 bits per heavy atom. The van der Waals surface area contributed by atoms with Crippen LogP contribution in [-0.2, 0) is 5.41 Å². The fourth-order valence-electron chi connectivity index (χ4n) is 6.53.